The van der Waals surface area contributed by atoms with Crippen molar-refractivity contribution in [1.82, 2.24) is 10.2 Å². The van der Waals surface area contributed by atoms with Gasteiger partial charge in [0.25, 0.3) is 0 Å². The van der Waals surface area contributed by atoms with Gasteiger partial charge in [-0.15, -0.1) is 0 Å². The van der Waals surface area contributed by atoms with Gasteiger partial charge in [0.1, 0.15) is 6.04 Å². The zero-order chi connectivity index (χ0) is 9.68. The second kappa shape index (κ2) is 5.21. The molecule has 3 heteroatoms. The fraction of sp³-hybridized carbons (Fsp3) is 0.900. The van der Waals surface area contributed by atoms with Gasteiger partial charge in [-0.3, -0.25) is 4.90 Å². The van der Waals surface area contributed by atoms with E-state index in [1.54, 1.807) is 0 Å². The summed E-state index contributed by atoms with van der Waals surface area (Å²) in [5, 5.41) is 12.2. The van der Waals surface area contributed by atoms with Crippen molar-refractivity contribution in [1.29, 1.82) is 5.26 Å². The Labute approximate surface area is 80.7 Å². The van der Waals surface area contributed by atoms with Crippen LogP contribution in [0.25, 0.3) is 0 Å². The summed E-state index contributed by atoms with van der Waals surface area (Å²) < 4.78 is 0. The molecule has 1 aliphatic heterocycles. The molecule has 0 saturated carbocycles. The predicted octanol–water partition coefficient (Wildman–Crippen LogP) is 0.830. The highest BCUT2D eigenvalue weighted by Gasteiger charge is 2.22. The highest BCUT2D eigenvalue weighted by atomic mass is 15.2. The molecule has 1 saturated heterocycles. The van der Waals surface area contributed by atoms with Crippen LogP contribution >= 0.6 is 0 Å². The van der Waals surface area contributed by atoms with Gasteiger partial charge in [-0.2, -0.15) is 5.26 Å². The molecule has 1 aliphatic rings. The molecule has 0 aromatic heterocycles. The van der Waals surface area contributed by atoms with Crippen molar-refractivity contribution in [3.8, 4) is 6.07 Å². The molecule has 1 fully saturated rings. The lowest BCUT2D eigenvalue weighted by molar-refractivity contribution is 0.171. The van der Waals surface area contributed by atoms with E-state index in [1.807, 2.05) is 0 Å². The van der Waals surface area contributed by atoms with Crippen LogP contribution in [0.2, 0.25) is 0 Å². The molecule has 1 heterocycles. The van der Waals surface area contributed by atoms with Crippen molar-refractivity contribution in [3.63, 3.8) is 0 Å². The van der Waals surface area contributed by atoms with E-state index in [9.17, 15) is 0 Å². The molecule has 0 radical (unpaired) electrons. The van der Waals surface area contributed by atoms with Crippen LogP contribution in [-0.2, 0) is 0 Å². The first kappa shape index (κ1) is 10.5. The summed E-state index contributed by atoms with van der Waals surface area (Å²) in [7, 11) is 0. The van der Waals surface area contributed by atoms with Crippen molar-refractivity contribution in [2.45, 2.75) is 26.3 Å². The third-order valence-electron chi connectivity index (χ3n) is 2.75. The second-order valence-corrected chi connectivity index (χ2v) is 3.86. The number of nitriles is 1. The Hall–Kier alpha value is -0.590. The normalized spacial score (nSPS) is 26.7. The molecule has 13 heavy (non-hydrogen) atoms. The molecule has 3 nitrogen and oxygen atoms in total. The Morgan fingerprint density at radius 2 is 2.46 bits per heavy atom. The standard InChI is InChI=1S/C10H19N3/c1-3-9(2)8-13-5-4-12-7-10(13)6-11/h9-10,12H,3-5,7-8H2,1-2H3. The summed E-state index contributed by atoms with van der Waals surface area (Å²) >= 11 is 0. The van der Waals surface area contributed by atoms with E-state index in [2.05, 4.69) is 30.1 Å². The Morgan fingerprint density at radius 3 is 3.08 bits per heavy atom. The van der Waals surface area contributed by atoms with Gasteiger partial charge in [0.15, 0.2) is 0 Å². The molecule has 0 aromatic rings. The van der Waals surface area contributed by atoms with Crippen LogP contribution in [0.1, 0.15) is 20.3 Å². The Balaban J connectivity index is 2.41. The van der Waals surface area contributed by atoms with E-state index >= 15 is 0 Å². The second-order valence-electron chi connectivity index (χ2n) is 3.86. The van der Waals surface area contributed by atoms with E-state index in [4.69, 9.17) is 5.26 Å². The van der Waals surface area contributed by atoms with Crippen molar-refractivity contribution in [2.24, 2.45) is 5.92 Å². The fourth-order valence-electron chi connectivity index (χ4n) is 1.62. The van der Waals surface area contributed by atoms with Crippen molar-refractivity contribution < 1.29 is 0 Å². The van der Waals surface area contributed by atoms with Gasteiger partial charge in [0.2, 0.25) is 0 Å². The fourth-order valence-corrected chi connectivity index (χ4v) is 1.62. The average molecular weight is 181 g/mol. The summed E-state index contributed by atoms with van der Waals surface area (Å²) in [5.41, 5.74) is 0. The van der Waals surface area contributed by atoms with Crippen LogP contribution in [0, 0.1) is 17.2 Å². The molecule has 0 bridgehead atoms. The SMILES string of the molecule is CCC(C)CN1CCNCC1C#N. The van der Waals surface area contributed by atoms with Crippen LogP contribution in [0.15, 0.2) is 0 Å². The molecule has 0 amide bonds. The van der Waals surface area contributed by atoms with Gasteiger partial charge in [-0.1, -0.05) is 20.3 Å². The maximum atomic E-state index is 8.92. The van der Waals surface area contributed by atoms with Crippen LogP contribution < -0.4 is 5.32 Å². The quantitative estimate of drug-likeness (QED) is 0.701. The highest BCUT2D eigenvalue weighted by Crippen LogP contribution is 2.09. The molecule has 1 N–H and O–H groups in total. The molecule has 2 atom stereocenters. The Bertz CT molecular complexity index is 185. The molecular weight excluding hydrogens is 162 g/mol. The summed E-state index contributed by atoms with van der Waals surface area (Å²) in [6, 6.07) is 2.43. The van der Waals surface area contributed by atoms with Crippen LogP contribution in [-0.4, -0.2) is 37.1 Å². The van der Waals surface area contributed by atoms with Gasteiger partial charge in [0, 0.05) is 26.2 Å². The first-order valence-electron chi connectivity index (χ1n) is 5.12. The van der Waals surface area contributed by atoms with E-state index in [1.165, 1.54) is 6.42 Å². The molecule has 1 rings (SSSR count). The largest absolute Gasteiger partial charge is 0.313 e. The lowest BCUT2D eigenvalue weighted by atomic mass is 10.1. The minimum absolute atomic E-state index is 0.0859. The molecule has 0 spiro atoms. The van der Waals surface area contributed by atoms with Gasteiger partial charge < -0.3 is 5.32 Å². The number of hydrogen-bond donors (Lipinski definition) is 1. The van der Waals surface area contributed by atoms with E-state index in [0.29, 0.717) is 5.92 Å². The minimum atomic E-state index is 0.0859. The minimum Gasteiger partial charge on any atom is -0.313 e. The zero-order valence-electron chi connectivity index (χ0n) is 8.58. The summed E-state index contributed by atoms with van der Waals surface area (Å²) in [4.78, 5) is 2.30. The van der Waals surface area contributed by atoms with E-state index < -0.39 is 0 Å². The number of hydrogen-bond acceptors (Lipinski definition) is 3. The highest BCUT2D eigenvalue weighted by molar-refractivity contribution is 4.96. The molecule has 0 aromatic carbocycles. The average Bonchev–Trinajstić information content (AvgIpc) is 2.18. The third-order valence-corrected chi connectivity index (χ3v) is 2.75. The first-order chi connectivity index (χ1) is 6.27. The summed E-state index contributed by atoms with van der Waals surface area (Å²) in [5.74, 6) is 0.703. The van der Waals surface area contributed by atoms with Crippen molar-refractivity contribution in [2.75, 3.05) is 26.2 Å². The summed E-state index contributed by atoms with van der Waals surface area (Å²) in [6.07, 6.45) is 1.20. The lowest BCUT2D eigenvalue weighted by Crippen LogP contribution is -2.51. The topological polar surface area (TPSA) is 39.1 Å². The monoisotopic (exact) mass is 181 g/mol. The summed E-state index contributed by atoms with van der Waals surface area (Å²) in [6.45, 7) is 8.38. The predicted molar refractivity (Wildman–Crippen MR) is 53.3 cm³/mol. The maximum absolute atomic E-state index is 8.92. The van der Waals surface area contributed by atoms with Crippen LogP contribution in [0.5, 0.6) is 0 Å². The number of nitrogens with zero attached hydrogens (tertiary/aromatic N) is 2. The third kappa shape index (κ3) is 2.98. The Morgan fingerprint density at radius 1 is 1.69 bits per heavy atom. The van der Waals surface area contributed by atoms with Crippen molar-refractivity contribution >= 4 is 0 Å². The molecular formula is C10H19N3. The molecule has 74 valence electrons. The van der Waals surface area contributed by atoms with Gasteiger partial charge in [0.05, 0.1) is 6.07 Å². The van der Waals surface area contributed by atoms with Crippen LogP contribution in [0.3, 0.4) is 0 Å². The maximum Gasteiger partial charge on any atom is 0.110 e. The lowest BCUT2D eigenvalue weighted by Gasteiger charge is -2.33. The zero-order valence-corrected chi connectivity index (χ0v) is 8.58. The number of nitrogens with one attached hydrogen (secondary N) is 1. The van der Waals surface area contributed by atoms with E-state index in [0.717, 1.165) is 26.2 Å². The van der Waals surface area contributed by atoms with Crippen molar-refractivity contribution in [3.05, 3.63) is 0 Å². The first-order valence-corrected chi connectivity index (χ1v) is 5.12. The molecule has 2 unspecified atom stereocenters. The van der Waals surface area contributed by atoms with Gasteiger partial charge in [-0.25, -0.2) is 0 Å². The van der Waals surface area contributed by atoms with Gasteiger partial charge >= 0.3 is 0 Å². The number of rotatable bonds is 3. The van der Waals surface area contributed by atoms with Crippen LogP contribution in [0.4, 0.5) is 0 Å². The Kier molecular flexibility index (Phi) is 4.20. The smallest absolute Gasteiger partial charge is 0.110 e. The van der Waals surface area contributed by atoms with E-state index in [-0.39, 0.29) is 6.04 Å². The number of piperazine rings is 1. The molecule has 0 aliphatic carbocycles. The van der Waals surface area contributed by atoms with Gasteiger partial charge in [-0.05, 0) is 5.92 Å².